The van der Waals surface area contributed by atoms with Crippen LogP contribution in [0.3, 0.4) is 0 Å². The first kappa shape index (κ1) is 23.4. The first-order chi connectivity index (χ1) is 11.0. The van der Waals surface area contributed by atoms with Crippen molar-refractivity contribution in [3.05, 3.63) is 0 Å². The van der Waals surface area contributed by atoms with Crippen molar-refractivity contribution in [1.82, 2.24) is 0 Å². The van der Waals surface area contributed by atoms with Crippen molar-refractivity contribution < 1.29 is 4.48 Å². The van der Waals surface area contributed by atoms with Crippen LogP contribution in [0, 0.1) is 0 Å². The lowest BCUT2D eigenvalue weighted by molar-refractivity contribution is -0.879. The Morgan fingerprint density at radius 1 is 0.565 bits per heavy atom. The van der Waals surface area contributed by atoms with Crippen molar-refractivity contribution in [2.24, 2.45) is 0 Å². The number of nitrogens with zero attached hydrogens (tertiary/aromatic N) is 1. The lowest BCUT2D eigenvalue weighted by Gasteiger charge is -2.30. The van der Waals surface area contributed by atoms with Gasteiger partial charge in [-0.25, -0.2) is 0 Å². The summed E-state index contributed by atoms with van der Waals surface area (Å²) in [6.45, 7) is 2.30. The molecule has 0 amide bonds. The molecule has 0 aliphatic rings. The molecule has 0 radical (unpaired) electrons. The molecule has 0 N–H and O–H groups in total. The molecule has 0 saturated carbocycles. The SMILES string of the molecule is CCCCCCCCCCCCCCCCCC(Br)[N+](C)(C)C. The number of hydrogen-bond acceptors (Lipinski definition) is 0. The maximum absolute atomic E-state index is 3.81. The maximum Gasteiger partial charge on any atom is 0.143 e. The van der Waals surface area contributed by atoms with Crippen molar-refractivity contribution in [2.45, 2.75) is 115 Å². The zero-order valence-electron chi connectivity index (χ0n) is 16.7. The summed E-state index contributed by atoms with van der Waals surface area (Å²) in [5.74, 6) is 0. The molecular weight excluding hydrogens is 346 g/mol. The largest absolute Gasteiger partial charge is 0.320 e. The third-order valence-electron chi connectivity index (χ3n) is 4.89. The van der Waals surface area contributed by atoms with Crippen LogP contribution in [0.1, 0.15) is 110 Å². The van der Waals surface area contributed by atoms with Gasteiger partial charge in [0.05, 0.1) is 21.1 Å². The Bertz CT molecular complexity index is 234. The van der Waals surface area contributed by atoms with Gasteiger partial charge in [0.15, 0.2) is 0 Å². The summed E-state index contributed by atoms with van der Waals surface area (Å²) in [7, 11) is 6.81. The van der Waals surface area contributed by atoms with Crippen LogP contribution >= 0.6 is 15.9 Å². The molecule has 0 fully saturated rings. The van der Waals surface area contributed by atoms with Crippen LogP contribution < -0.4 is 0 Å². The Morgan fingerprint density at radius 3 is 1.17 bits per heavy atom. The minimum atomic E-state index is 0.615. The van der Waals surface area contributed by atoms with Crippen molar-refractivity contribution in [3.8, 4) is 0 Å². The lowest BCUT2D eigenvalue weighted by Crippen LogP contribution is -2.41. The van der Waals surface area contributed by atoms with E-state index in [1.165, 1.54) is 103 Å². The topological polar surface area (TPSA) is 0 Å². The quantitative estimate of drug-likeness (QED) is 0.103. The molecule has 0 rings (SSSR count). The predicted molar refractivity (Wildman–Crippen MR) is 110 cm³/mol. The molecular formula is C21H45BrN+. The van der Waals surface area contributed by atoms with E-state index in [9.17, 15) is 0 Å². The summed E-state index contributed by atoms with van der Waals surface area (Å²) in [5.41, 5.74) is 0. The first-order valence-corrected chi connectivity index (χ1v) is 11.3. The summed E-state index contributed by atoms with van der Waals surface area (Å²) in [6.07, 6.45) is 23.0. The number of halogens is 1. The second-order valence-electron chi connectivity index (χ2n) is 8.29. The van der Waals surface area contributed by atoms with Gasteiger partial charge in [-0.15, -0.1) is 0 Å². The standard InChI is InChI=1S/C21H45BrN/c1-5-6-7-8-9-10-11-12-13-14-15-16-17-18-19-20-21(22)23(2,3)4/h21H,5-20H2,1-4H3/q+1. The molecule has 1 unspecified atom stereocenters. The van der Waals surface area contributed by atoms with Gasteiger partial charge in [-0.3, -0.25) is 0 Å². The molecule has 0 aliphatic heterocycles. The van der Waals surface area contributed by atoms with E-state index in [4.69, 9.17) is 0 Å². The first-order valence-electron chi connectivity index (χ1n) is 10.4. The minimum Gasteiger partial charge on any atom is -0.320 e. The fraction of sp³-hybridized carbons (Fsp3) is 1.00. The monoisotopic (exact) mass is 390 g/mol. The van der Waals surface area contributed by atoms with Gasteiger partial charge >= 0.3 is 0 Å². The summed E-state index contributed by atoms with van der Waals surface area (Å²) >= 11 is 3.81. The van der Waals surface area contributed by atoms with Crippen molar-refractivity contribution in [1.29, 1.82) is 0 Å². The van der Waals surface area contributed by atoms with E-state index >= 15 is 0 Å². The van der Waals surface area contributed by atoms with Gasteiger partial charge in [-0.1, -0.05) is 96.8 Å². The van der Waals surface area contributed by atoms with Crippen LogP contribution in [0.4, 0.5) is 0 Å². The lowest BCUT2D eigenvalue weighted by atomic mass is 10.0. The summed E-state index contributed by atoms with van der Waals surface area (Å²) < 4.78 is 1.03. The van der Waals surface area contributed by atoms with E-state index in [0.717, 1.165) is 4.48 Å². The Morgan fingerprint density at radius 2 is 0.870 bits per heavy atom. The van der Waals surface area contributed by atoms with E-state index in [1.54, 1.807) is 0 Å². The zero-order chi connectivity index (χ0) is 17.4. The van der Waals surface area contributed by atoms with E-state index < -0.39 is 0 Å². The number of hydrogen-bond donors (Lipinski definition) is 0. The third-order valence-corrected chi connectivity index (χ3v) is 6.57. The fourth-order valence-electron chi connectivity index (χ4n) is 3.07. The third kappa shape index (κ3) is 17.1. The average molecular weight is 392 g/mol. The number of unbranched alkanes of at least 4 members (excludes halogenated alkanes) is 14. The highest BCUT2D eigenvalue weighted by atomic mass is 79.9. The molecule has 1 atom stereocenters. The Labute approximate surface area is 156 Å². The van der Waals surface area contributed by atoms with Crippen molar-refractivity contribution in [2.75, 3.05) is 21.1 Å². The Balaban J connectivity index is 3.11. The highest BCUT2D eigenvalue weighted by molar-refractivity contribution is 9.09. The smallest absolute Gasteiger partial charge is 0.143 e. The molecule has 2 heteroatoms. The summed E-state index contributed by atoms with van der Waals surface area (Å²) in [6, 6.07) is 0. The normalized spacial score (nSPS) is 13.4. The van der Waals surface area contributed by atoms with Gasteiger partial charge in [0.2, 0.25) is 0 Å². The van der Waals surface area contributed by atoms with Crippen LogP contribution in [-0.2, 0) is 0 Å². The van der Waals surface area contributed by atoms with Gasteiger partial charge in [-0.2, -0.15) is 0 Å². The van der Waals surface area contributed by atoms with Gasteiger partial charge in [0.1, 0.15) is 4.95 Å². The van der Waals surface area contributed by atoms with Crippen molar-refractivity contribution >= 4 is 15.9 Å². The minimum absolute atomic E-state index is 0.615. The molecule has 0 aromatic rings. The zero-order valence-corrected chi connectivity index (χ0v) is 18.3. The molecule has 0 bridgehead atoms. The van der Waals surface area contributed by atoms with Gasteiger partial charge in [0.25, 0.3) is 0 Å². The van der Waals surface area contributed by atoms with Crippen LogP contribution in [0.5, 0.6) is 0 Å². The molecule has 140 valence electrons. The fourth-order valence-corrected chi connectivity index (χ4v) is 3.40. The second kappa shape index (κ2) is 15.9. The summed E-state index contributed by atoms with van der Waals surface area (Å²) in [5, 5.41) is 0. The molecule has 0 spiro atoms. The van der Waals surface area contributed by atoms with Gasteiger partial charge in [0, 0.05) is 6.42 Å². The number of rotatable bonds is 17. The summed E-state index contributed by atoms with van der Waals surface area (Å²) in [4.78, 5) is 0.615. The molecule has 1 nitrogen and oxygen atoms in total. The highest BCUT2D eigenvalue weighted by Gasteiger charge is 2.18. The van der Waals surface area contributed by atoms with Crippen LogP contribution in [-0.4, -0.2) is 30.6 Å². The van der Waals surface area contributed by atoms with E-state index in [1.807, 2.05) is 0 Å². The van der Waals surface area contributed by atoms with E-state index in [0.29, 0.717) is 4.95 Å². The van der Waals surface area contributed by atoms with E-state index in [2.05, 4.69) is 44.0 Å². The predicted octanol–water partition coefficient (Wildman–Crippen LogP) is 7.68. The van der Waals surface area contributed by atoms with Crippen molar-refractivity contribution in [3.63, 3.8) is 0 Å². The molecule has 0 aromatic heterocycles. The maximum atomic E-state index is 3.81. The van der Waals surface area contributed by atoms with E-state index in [-0.39, 0.29) is 0 Å². The van der Waals surface area contributed by atoms with Crippen LogP contribution in [0.25, 0.3) is 0 Å². The van der Waals surface area contributed by atoms with Gasteiger partial charge in [-0.05, 0) is 22.4 Å². The second-order valence-corrected chi connectivity index (χ2v) is 9.35. The van der Waals surface area contributed by atoms with Crippen LogP contribution in [0.15, 0.2) is 0 Å². The molecule has 0 saturated heterocycles. The average Bonchev–Trinajstić information content (AvgIpc) is 2.50. The molecule has 0 aliphatic carbocycles. The van der Waals surface area contributed by atoms with Crippen LogP contribution in [0.2, 0.25) is 0 Å². The molecule has 0 heterocycles. The molecule has 23 heavy (non-hydrogen) atoms. The number of quaternary nitrogens is 1. The number of alkyl halides is 1. The Kier molecular flexibility index (Phi) is 16.2. The molecule has 0 aromatic carbocycles. The Hall–Kier alpha value is 0.440. The van der Waals surface area contributed by atoms with Gasteiger partial charge < -0.3 is 4.48 Å². The highest BCUT2D eigenvalue weighted by Crippen LogP contribution is 2.19.